The van der Waals surface area contributed by atoms with Gasteiger partial charge < -0.3 is 0 Å². The zero-order valence-electron chi connectivity index (χ0n) is 17.3. The van der Waals surface area contributed by atoms with Crippen LogP contribution < -0.4 is 0 Å². The van der Waals surface area contributed by atoms with Crippen molar-refractivity contribution in [3.05, 3.63) is 0 Å². The Morgan fingerprint density at radius 1 is 0.647 bits per heavy atom. The minimum absolute atomic E-state index is 0.195. The van der Waals surface area contributed by atoms with E-state index in [4.69, 9.17) is 0 Å². The van der Waals surface area contributed by atoms with Gasteiger partial charge in [-0.1, -0.05) is 0 Å². The quantitative estimate of drug-likeness (QED) is 0.136. The summed E-state index contributed by atoms with van der Waals surface area (Å²) >= 11 is -0.960. The number of rotatable bonds is 13. The van der Waals surface area contributed by atoms with E-state index in [0.717, 1.165) is 12.8 Å². The van der Waals surface area contributed by atoms with Crippen LogP contribution in [-0.4, -0.2) is 75.9 Å². The summed E-state index contributed by atoms with van der Waals surface area (Å²) < 4.78 is 199. The van der Waals surface area contributed by atoms with Gasteiger partial charge in [0, 0.05) is 0 Å². The molecule has 0 saturated carbocycles. The Morgan fingerprint density at radius 3 is 1.44 bits per heavy atom. The van der Waals surface area contributed by atoms with E-state index in [9.17, 15) is 70.7 Å². The van der Waals surface area contributed by atoms with Crippen LogP contribution in [0, 0.1) is 0 Å². The molecule has 0 saturated heterocycles. The molecule has 0 bridgehead atoms. The maximum absolute atomic E-state index is 13.7. The van der Waals surface area contributed by atoms with Crippen molar-refractivity contribution in [1.82, 2.24) is 0 Å². The molecule has 0 heterocycles. The van der Waals surface area contributed by atoms with Gasteiger partial charge in [0.15, 0.2) is 0 Å². The van der Waals surface area contributed by atoms with Crippen molar-refractivity contribution in [2.75, 3.05) is 0 Å². The van der Waals surface area contributed by atoms with Crippen LogP contribution >= 0.6 is 0 Å². The van der Waals surface area contributed by atoms with Crippen molar-refractivity contribution in [3.63, 3.8) is 0 Å². The Morgan fingerprint density at radius 2 is 1.03 bits per heavy atom. The van der Waals surface area contributed by atoms with E-state index in [2.05, 4.69) is 4.74 Å². The molecule has 18 heteroatoms. The van der Waals surface area contributed by atoms with Gasteiger partial charge in [-0.05, 0) is 0 Å². The van der Waals surface area contributed by atoms with E-state index in [1.165, 1.54) is 0 Å². The Kier molecular flexibility index (Phi) is 10.5. The van der Waals surface area contributed by atoms with Gasteiger partial charge in [-0.15, -0.1) is 0 Å². The first kappa shape index (κ1) is 33.3. The molecule has 1 atom stereocenters. The number of hydrogen-bond donors (Lipinski definition) is 0. The predicted molar refractivity (Wildman–Crippen MR) is 87.5 cm³/mol. The van der Waals surface area contributed by atoms with Crippen LogP contribution in [0.15, 0.2) is 0 Å². The van der Waals surface area contributed by atoms with E-state index in [-0.39, 0.29) is 12.8 Å². The monoisotopic (exact) mass is 642 g/mol. The SMILES string of the molecule is CCCCCCC[CH]([InH2])OC(=O)C(F)(F)C(F)(F)C(F)(F)C(F)(F)C(F)(F)C(F)(F)C(F)(F)F. The van der Waals surface area contributed by atoms with Crippen LogP contribution in [0.1, 0.15) is 45.4 Å². The summed E-state index contributed by atoms with van der Waals surface area (Å²) in [5.74, 6) is -51.5. The Balaban J connectivity index is 5.93. The van der Waals surface area contributed by atoms with Crippen LogP contribution in [0.5, 0.6) is 0 Å². The van der Waals surface area contributed by atoms with Crippen molar-refractivity contribution in [2.24, 2.45) is 0 Å². The standard InChI is InChI=1S/C16H16F15O2.In.2H/c1-2-3-4-5-6-7-8-33-9(32)10(17,18)11(19,20)12(21,22)13(23,24)14(25,26)15(27,28)16(29,30)31;;;/h8H,2-7H2,1H3;;;. The number of carbonyl (C=O) groups is 1. The van der Waals surface area contributed by atoms with Crippen molar-refractivity contribution in [2.45, 2.75) is 91.0 Å². The third kappa shape index (κ3) is 5.81. The average Bonchev–Trinajstić information content (AvgIpc) is 2.65. The molecule has 0 aromatic heterocycles. The second kappa shape index (κ2) is 10.7. The summed E-state index contributed by atoms with van der Waals surface area (Å²) in [6, 6.07) is 0. The van der Waals surface area contributed by atoms with Crippen LogP contribution in [0.25, 0.3) is 0 Å². The van der Waals surface area contributed by atoms with E-state index in [0.29, 0.717) is 12.8 Å². The molecule has 0 rings (SSSR count). The molecular weight excluding hydrogens is 624 g/mol. The molecule has 1 unspecified atom stereocenters. The Bertz CT molecular complexity index is 690. The van der Waals surface area contributed by atoms with E-state index in [1.54, 1.807) is 0 Å². The van der Waals surface area contributed by atoms with Gasteiger partial charge in [0.1, 0.15) is 0 Å². The van der Waals surface area contributed by atoms with Gasteiger partial charge in [0.25, 0.3) is 0 Å². The maximum atomic E-state index is 13.7. The number of hydrogen-bond acceptors (Lipinski definition) is 2. The van der Waals surface area contributed by atoms with Gasteiger partial charge in [-0.3, -0.25) is 0 Å². The van der Waals surface area contributed by atoms with Crippen molar-refractivity contribution in [1.29, 1.82) is 0 Å². The first-order valence-electron chi connectivity index (χ1n) is 9.42. The summed E-state index contributed by atoms with van der Waals surface area (Å²) in [6.45, 7) is 1.84. The summed E-state index contributed by atoms with van der Waals surface area (Å²) in [5, 5.41) is 0. The molecule has 0 aromatic rings. The molecule has 0 radical (unpaired) electrons. The summed E-state index contributed by atoms with van der Waals surface area (Å²) in [6.07, 6.45) is -5.05. The second-order valence-corrected chi connectivity index (χ2v) is 11.0. The number of esters is 1. The molecule has 2 nitrogen and oxygen atoms in total. The van der Waals surface area contributed by atoms with Crippen LogP contribution in [0.4, 0.5) is 65.9 Å². The molecule has 34 heavy (non-hydrogen) atoms. The fourth-order valence-corrected chi connectivity index (χ4v) is 4.22. The summed E-state index contributed by atoms with van der Waals surface area (Å²) in [5.41, 5.74) is 0. The molecule has 0 aromatic carbocycles. The van der Waals surface area contributed by atoms with Crippen LogP contribution in [-0.2, 0) is 9.53 Å². The van der Waals surface area contributed by atoms with E-state index < -0.39 is 75.9 Å². The van der Waals surface area contributed by atoms with Crippen LogP contribution in [0.2, 0.25) is 0 Å². The first-order chi connectivity index (χ1) is 14.9. The zero-order valence-corrected chi connectivity index (χ0v) is 23.0. The summed E-state index contributed by atoms with van der Waals surface area (Å²) in [7, 11) is 0. The van der Waals surface area contributed by atoms with Gasteiger partial charge in [-0.2, -0.15) is 0 Å². The normalized spacial score (nSPS) is 15.9. The molecule has 0 aliphatic carbocycles. The molecule has 0 N–H and O–H groups in total. The second-order valence-electron chi connectivity index (χ2n) is 7.36. The van der Waals surface area contributed by atoms with E-state index in [1.807, 2.05) is 6.92 Å². The molecule has 0 fully saturated rings. The molecule has 202 valence electrons. The molecule has 0 spiro atoms. The number of carbonyl (C=O) groups excluding carboxylic acids is 1. The van der Waals surface area contributed by atoms with Gasteiger partial charge >= 0.3 is 197 Å². The van der Waals surface area contributed by atoms with Gasteiger partial charge in [0.05, 0.1) is 0 Å². The van der Waals surface area contributed by atoms with Gasteiger partial charge in [-0.25, -0.2) is 0 Å². The number of alkyl halides is 15. The molecule has 0 aliphatic rings. The number of unbranched alkanes of at least 4 members (excludes halogenated alkanes) is 4. The fraction of sp³-hybridized carbons (Fsp3) is 0.938. The topological polar surface area (TPSA) is 26.3 Å². The van der Waals surface area contributed by atoms with Crippen molar-refractivity contribution in [3.8, 4) is 0 Å². The average molecular weight is 642 g/mol. The van der Waals surface area contributed by atoms with Crippen molar-refractivity contribution < 1.29 is 75.4 Å². The van der Waals surface area contributed by atoms with E-state index >= 15 is 0 Å². The first-order valence-corrected chi connectivity index (χ1v) is 12.7. The predicted octanol–water partition coefficient (Wildman–Crippen LogP) is 6.22. The molecular formula is C16H18F15InO2. The van der Waals surface area contributed by atoms with Crippen molar-refractivity contribution >= 4 is 30.3 Å². The number of ether oxygens (including phenoxy) is 1. The Hall–Kier alpha value is -0.710. The summed E-state index contributed by atoms with van der Waals surface area (Å²) in [4.78, 5) is 11.3. The van der Waals surface area contributed by atoms with Gasteiger partial charge in [0.2, 0.25) is 0 Å². The van der Waals surface area contributed by atoms with Crippen LogP contribution in [0.3, 0.4) is 0 Å². The zero-order chi connectivity index (χ0) is 27.6. The fourth-order valence-electron chi connectivity index (χ4n) is 2.45. The Labute approximate surface area is 197 Å². The molecule has 0 amide bonds. The number of halogens is 15. The molecule has 0 aliphatic heterocycles. The third-order valence-corrected chi connectivity index (χ3v) is 6.93. The minimum atomic E-state index is -8.42. The third-order valence-electron chi connectivity index (χ3n) is 4.61.